The molecule has 2 aromatic carbocycles. The summed E-state index contributed by atoms with van der Waals surface area (Å²) in [5, 5.41) is 0. The summed E-state index contributed by atoms with van der Waals surface area (Å²) >= 11 is 0. The van der Waals surface area contributed by atoms with Gasteiger partial charge < -0.3 is 4.74 Å². The van der Waals surface area contributed by atoms with Gasteiger partial charge >= 0.3 is 5.97 Å². The predicted molar refractivity (Wildman–Crippen MR) is 98.6 cm³/mol. The van der Waals surface area contributed by atoms with E-state index >= 15 is 0 Å². The van der Waals surface area contributed by atoms with Crippen LogP contribution in [0.1, 0.15) is 32.9 Å². The highest BCUT2D eigenvalue weighted by molar-refractivity contribution is 6.15. The first-order valence-electron chi connectivity index (χ1n) is 8.19. The van der Waals surface area contributed by atoms with Crippen LogP contribution in [0.25, 0.3) is 5.69 Å². The number of fused-ring (bicyclic) bond motifs is 3. The van der Waals surface area contributed by atoms with E-state index in [2.05, 4.69) is 15.9 Å². The molecule has 0 unspecified atom stereocenters. The molecule has 1 aromatic heterocycles. The first-order valence-corrected chi connectivity index (χ1v) is 8.19. The number of carbonyl (C=O) groups is 1. The van der Waals surface area contributed by atoms with Crippen molar-refractivity contribution in [2.45, 2.75) is 6.54 Å². The van der Waals surface area contributed by atoms with Gasteiger partial charge in [0.2, 0.25) is 0 Å². The first-order chi connectivity index (χ1) is 13.1. The van der Waals surface area contributed by atoms with Crippen molar-refractivity contribution in [2.24, 2.45) is 4.99 Å². The number of aliphatic imine (C=N–C) groups is 1. The van der Waals surface area contributed by atoms with Gasteiger partial charge in [0.05, 0.1) is 30.7 Å². The smallest absolute Gasteiger partial charge is 0.358 e. The second-order valence-electron chi connectivity index (χ2n) is 5.92. The minimum Gasteiger partial charge on any atom is -0.464 e. The lowest BCUT2D eigenvalue weighted by molar-refractivity contribution is 0.0593. The molecule has 3 aromatic rings. The van der Waals surface area contributed by atoms with E-state index in [-0.39, 0.29) is 18.1 Å². The molecular formula is C21H14FN3O2. The predicted octanol–water partition coefficient (Wildman–Crippen LogP) is 3.13. The maximum atomic E-state index is 14.5. The van der Waals surface area contributed by atoms with Crippen LogP contribution in [-0.2, 0) is 11.3 Å². The second kappa shape index (κ2) is 6.54. The van der Waals surface area contributed by atoms with Crippen molar-refractivity contribution >= 4 is 11.7 Å². The summed E-state index contributed by atoms with van der Waals surface area (Å²) in [6.45, 7) is 0.147. The topological polar surface area (TPSA) is 56.5 Å². The summed E-state index contributed by atoms with van der Waals surface area (Å²) in [6, 6.07) is 11.8. The maximum Gasteiger partial charge on any atom is 0.358 e. The molecule has 4 rings (SSSR count). The molecular weight excluding hydrogens is 345 g/mol. The summed E-state index contributed by atoms with van der Waals surface area (Å²) in [4.78, 5) is 20.8. The van der Waals surface area contributed by atoms with Crippen LogP contribution in [0.2, 0.25) is 0 Å². The molecule has 0 radical (unpaired) electrons. The van der Waals surface area contributed by atoms with Gasteiger partial charge in [-0.3, -0.25) is 9.56 Å². The van der Waals surface area contributed by atoms with E-state index in [1.54, 1.807) is 34.9 Å². The Morgan fingerprint density at radius 2 is 2.07 bits per heavy atom. The summed E-state index contributed by atoms with van der Waals surface area (Å²) in [7, 11) is 1.30. The Bertz CT molecular complexity index is 1140. The van der Waals surface area contributed by atoms with E-state index in [4.69, 9.17) is 11.2 Å². The average molecular weight is 359 g/mol. The lowest BCUT2D eigenvalue weighted by atomic mass is 9.98. The number of methoxy groups -OCH3 is 1. The Morgan fingerprint density at radius 3 is 2.81 bits per heavy atom. The van der Waals surface area contributed by atoms with E-state index in [0.29, 0.717) is 33.8 Å². The van der Waals surface area contributed by atoms with Crippen molar-refractivity contribution in [3.63, 3.8) is 0 Å². The molecule has 1 aliphatic rings. The van der Waals surface area contributed by atoms with Crippen LogP contribution in [0.15, 0.2) is 53.8 Å². The van der Waals surface area contributed by atoms with E-state index in [1.165, 1.54) is 19.5 Å². The van der Waals surface area contributed by atoms with Crippen molar-refractivity contribution in [2.75, 3.05) is 7.11 Å². The third-order valence-corrected chi connectivity index (χ3v) is 4.44. The van der Waals surface area contributed by atoms with Gasteiger partial charge in [-0.05, 0) is 30.3 Å². The highest BCUT2D eigenvalue weighted by Crippen LogP contribution is 2.28. The highest BCUT2D eigenvalue weighted by Gasteiger charge is 2.25. The number of rotatable bonds is 2. The number of halogens is 1. The van der Waals surface area contributed by atoms with Crippen LogP contribution in [0.4, 0.5) is 4.39 Å². The van der Waals surface area contributed by atoms with Crippen LogP contribution in [0.5, 0.6) is 0 Å². The molecule has 0 amide bonds. The molecule has 1 aliphatic heterocycles. The Labute approximate surface area is 155 Å². The SMILES string of the molecule is C#Cc1ccc2c(c1)C(c1ccccc1F)=NCc1c(C(=O)OC)ncn1-2. The summed E-state index contributed by atoms with van der Waals surface area (Å²) in [5.41, 5.74) is 3.63. The molecule has 5 nitrogen and oxygen atoms in total. The van der Waals surface area contributed by atoms with Crippen LogP contribution >= 0.6 is 0 Å². The zero-order chi connectivity index (χ0) is 19.0. The fraction of sp³-hybridized carbons (Fsp3) is 0.0952. The van der Waals surface area contributed by atoms with Gasteiger partial charge in [0.25, 0.3) is 0 Å². The van der Waals surface area contributed by atoms with Crippen LogP contribution in [0.3, 0.4) is 0 Å². The number of carbonyl (C=O) groups excluding carboxylic acids is 1. The molecule has 0 aliphatic carbocycles. The molecule has 0 fully saturated rings. The standard InChI is InChI=1S/C21H14FN3O2/c1-3-13-8-9-17-15(10-13)19(14-6-4-5-7-16(14)22)23-11-18-20(21(26)27-2)24-12-25(17)18/h1,4-10,12H,11H2,2H3. The van der Waals surface area contributed by atoms with Crippen molar-refractivity contribution < 1.29 is 13.9 Å². The van der Waals surface area contributed by atoms with E-state index < -0.39 is 5.97 Å². The van der Waals surface area contributed by atoms with Crippen molar-refractivity contribution in [1.29, 1.82) is 0 Å². The normalized spacial score (nSPS) is 12.3. The van der Waals surface area contributed by atoms with Gasteiger partial charge in [-0.1, -0.05) is 18.1 Å². The van der Waals surface area contributed by atoms with Gasteiger partial charge in [0.15, 0.2) is 5.69 Å². The Morgan fingerprint density at radius 1 is 1.26 bits per heavy atom. The van der Waals surface area contributed by atoms with E-state index in [9.17, 15) is 9.18 Å². The molecule has 0 saturated carbocycles. The monoisotopic (exact) mass is 359 g/mol. The van der Waals surface area contributed by atoms with Crippen molar-refractivity contribution in [3.05, 3.63) is 82.7 Å². The molecule has 0 spiro atoms. The first kappa shape index (κ1) is 16.7. The molecule has 132 valence electrons. The van der Waals surface area contributed by atoms with Gasteiger partial charge in [0.1, 0.15) is 12.1 Å². The number of ether oxygens (including phenoxy) is 1. The third kappa shape index (κ3) is 2.70. The Hall–Kier alpha value is -3.72. The van der Waals surface area contributed by atoms with Crippen LogP contribution in [0, 0.1) is 18.2 Å². The quantitative estimate of drug-likeness (QED) is 0.522. The van der Waals surface area contributed by atoms with Crippen LogP contribution in [-0.4, -0.2) is 28.3 Å². The van der Waals surface area contributed by atoms with E-state index in [1.807, 2.05) is 6.07 Å². The van der Waals surface area contributed by atoms with E-state index in [0.717, 1.165) is 0 Å². The number of hydrogen-bond acceptors (Lipinski definition) is 4. The highest BCUT2D eigenvalue weighted by atomic mass is 19.1. The average Bonchev–Trinajstić information content (AvgIpc) is 3.05. The molecule has 27 heavy (non-hydrogen) atoms. The number of esters is 1. The van der Waals surface area contributed by atoms with Crippen LogP contribution < -0.4 is 0 Å². The van der Waals surface area contributed by atoms with Gasteiger partial charge in [-0.2, -0.15) is 0 Å². The number of hydrogen-bond donors (Lipinski definition) is 0. The number of terminal acetylenes is 1. The molecule has 0 atom stereocenters. The molecule has 0 N–H and O–H groups in total. The minimum atomic E-state index is -0.546. The number of imidazole rings is 1. The minimum absolute atomic E-state index is 0.147. The van der Waals surface area contributed by atoms with Crippen molar-refractivity contribution in [1.82, 2.24) is 9.55 Å². The zero-order valence-electron chi connectivity index (χ0n) is 14.4. The number of benzene rings is 2. The lowest BCUT2D eigenvalue weighted by Gasteiger charge is -2.12. The number of nitrogens with zero attached hydrogens (tertiary/aromatic N) is 3. The summed E-state index contributed by atoms with van der Waals surface area (Å²) in [5.74, 6) is 1.66. The molecule has 6 heteroatoms. The van der Waals surface area contributed by atoms with Crippen molar-refractivity contribution in [3.8, 4) is 18.0 Å². The molecule has 2 heterocycles. The van der Waals surface area contributed by atoms with Gasteiger partial charge in [-0.25, -0.2) is 14.2 Å². The molecule has 0 bridgehead atoms. The fourth-order valence-corrected chi connectivity index (χ4v) is 3.15. The fourth-order valence-electron chi connectivity index (χ4n) is 3.15. The Balaban J connectivity index is 2.00. The largest absolute Gasteiger partial charge is 0.464 e. The zero-order valence-corrected chi connectivity index (χ0v) is 14.4. The lowest BCUT2D eigenvalue weighted by Crippen LogP contribution is -2.09. The second-order valence-corrected chi connectivity index (χ2v) is 5.92. The Kier molecular flexibility index (Phi) is 4.05. The molecule has 0 saturated heterocycles. The summed E-state index contributed by atoms with van der Waals surface area (Å²) in [6.07, 6.45) is 7.09. The third-order valence-electron chi connectivity index (χ3n) is 4.44. The number of aromatic nitrogens is 2. The maximum absolute atomic E-state index is 14.5. The van der Waals surface area contributed by atoms with Gasteiger partial charge in [0, 0.05) is 16.7 Å². The van der Waals surface area contributed by atoms with Gasteiger partial charge in [-0.15, -0.1) is 6.42 Å². The summed E-state index contributed by atoms with van der Waals surface area (Å²) < 4.78 is 21.1.